The minimum absolute atomic E-state index is 0.0614. The Morgan fingerprint density at radius 1 is 0.893 bits per heavy atom. The molecule has 0 spiro atoms. The number of rotatable bonds is 6. The number of para-hydroxylation sites is 2. The number of carbonyl (C=O) groups is 1. The van der Waals surface area contributed by atoms with Crippen molar-refractivity contribution in [2.75, 3.05) is 5.32 Å². The van der Waals surface area contributed by atoms with Gasteiger partial charge >= 0.3 is 0 Å². The van der Waals surface area contributed by atoms with Gasteiger partial charge in [0, 0.05) is 16.0 Å². The maximum Gasteiger partial charge on any atom is 0.228 e. The van der Waals surface area contributed by atoms with E-state index in [9.17, 15) is 4.79 Å². The van der Waals surface area contributed by atoms with Gasteiger partial charge in [-0.15, -0.1) is 0 Å². The molecule has 0 saturated carbocycles. The first kappa shape index (κ1) is 18.1. The van der Waals surface area contributed by atoms with Crippen molar-refractivity contribution in [1.82, 2.24) is 9.78 Å². The van der Waals surface area contributed by atoms with E-state index in [2.05, 4.69) is 22.5 Å². The molecule has 1 aromatic heterocycles. The molecule has 1 heterocycles. The average molecular weight is 385 g/mol. The number of benzene rings is 3. The summed E-state index contributed by atoms with van der Waals surface area (Å²) in [5.74, 6) is -0.0614. The molecule has 5 heteroatoms. The van der Waals surface area contributed by atoms with Gasteiger partial charge in [0.05, 0.1) is 24.0 Å². The number of anilines is 1. The molecule has 4 rings (SSSR count). The summed E-state index contributed by atoms with van der Waals surface area (Å²) < 4.78 is 1.78. The lowest BCUT2D eigenvalue weighted by Gasteiger charge is -2.10. The first-order chi connectivity index (χ1) is 13.8. The third-order valence-corrected chi connectivity index (χ3v) is 5.24. The van der Waals surface area contributed by atoms with Crippen LogP contribution in [0.25, 0.3) is 5.69 Å². The van der Waals surface area contributed by atoms with E-state index in [1.54, 1.807) is 22.6 Å². The molecule has 0 aliphatic rings. The summed E-state index contributed by atoms with van der Waals surface area (Å²) in [5.41, 5.74) is 2.66. The Bertz CT molecular complexity index is 1060. The third-order valence-electron chi connectivity index (χ3n) is 4.15. The molecule has 1 N–H and O–H groups in total. The molecule has 0 radical (unpaired) electrons. The molecular formula is C23H19N3OS. The predicted octanol–water partition coefficient (Wildman–Crippen LogP) is 5.20. The summed E-state index contributed by atoms with van der Waals surface area (Å²) in [6, 6.07) is 27.8. The normalized spacial score (nSPS) is 10.6. The molecule has 0 unspecified atom stereocenters. The van der Waals surface area contributed by atoms with Crippen LogP contribution in [0, 0.1) is 0 Å². The minimum Gasteiger partial charge on any atom is -0.325 e. The van der Waals surface area contributed by atoms with E-state index < -0.39 is 0 Å². The zero-order valence-electron chi connectivity index (χ0n) is 15.2. The lowest BCUT2D eigenvalue weighted by Crippen LogP contribution is -2.14. The van der Waals surface area contributed by atoms with E-state index in [1.807, 2.05) is 79.0 Å². The van der Waals surface area contributed by atoms with Crippen molar-refractivity contribution in [1.29, 1.82) is 0 Å². The Labute approximate surface area is 168 Å². The first-order valence-corrected chi connectivity index (χ1v) is 9.80. The van der Waals surface area contributed by atoms with Crippen molar-refractivity contribution in [2.24, 2.45) is 0 Å². The first-order valence-electron chi connectivity index (χ1n) is 8.99. The number of nitrogens with zero attached hydrogens (tertiary/aromatic N) is 2. The van der Waals surface area contributed by atoms with E-state index in [0.29, 0.717) is 0 Å². The lowest BCUT2D eigenvalue weighted by atomic mass is 10.2. The number of amides is 1. The molecule has 0 aliphatic carbocycles. The fraction of sp³-hybridized carbons (Fsp3) is 0.0435. The molecule has 0 saturated heterocycles. The summed E-state index contributed by atoms with van der Waals surface area (Å²) in [6.45, 7) is 0. The number of nitrogens with one attached hydrogen (secondary N) is 1. The Morgan fingerprint density at radius 3 is 2.36 bits per heavy atom. The van der Waals surface area contributed by atoms with Crippen LogP contribution in [0.5, 0.6) is 0 Å². The number of hydrogen-bond donors (Lipinski definition) is 1. The van der Waals surface area contributed by atoms with Gasteiger partial charge < -0.3 is 5.32 Å². The van der Waals surface area contributed by atoms with Gasteiger partial charge in [0.15, 0.2) is 0 Å². The summed E-state index contributed by atoms with van der Waals surface area (Å²) in [5, 5.41) is 7.38. The Hall–Kier alpha value is -3.31. The van der Waals surface area contributed by atoms with Crippen molar-refractivity contribution < 1.29 is 4.79 Å². The molecule has 1 amide bonds. The van der Waals surface area contributed by atoms with Crippen LogP contribution in [0.3, 0.4) is 0 Å². The van der Waals surface area contributed by atoms with Gasteiger partial charge in [-0.2, -0.15) is 5.10 Å². The molecule has 0 aliphatic heterocycles. The van der Waals surface area contributed by atoms with Crippen LogP contribution in [0.1, 0.15) is 5.56 Å². The van der Waals surface area contributed by atoms with E-state index in [-0.39, 0.29) is 12.3 Å². The second-order valence-electron chi connectivity index (χ2n) is 6.26. The fourth-order valence-electron chi connectivity index (χ4n) is 2.83. The van der Waals surface area contributed by atoms with Crippen LogP contribution >= 0.6 is 11.8 Å². The van der Waals surface area contributed by atoms with Gasteiger partial charge in [-0.3, -0.25) is 4.79 Å². The van der Waals surface area contributed by atoms with Crippen LogP contribution in [0.15, 0.2) is 107 Å². The molecule has 138 valence electrons. The van der Waals surface area contributed by atoms with Gasteiger partial charge in [-0.25, -0.2) is 4.68 Å². The van der Waals surface area contributed by atoms with E-state index in [0.717, 1.165) is 26.7 Å². The van der Waals surface area contributed by atoms with Crippen molar-refractivity contribution in [3.05, 3.63) is 103 Å². The molecular weight excluding hydrogens is 366 g/mol. The van der Waals surface area contributed by atoms with Crippen LogP contribution in [-0.2, 0) is 11.2 Å². The molecule has 3 aromatic carbocycles. The molecule has 28 heavy (non-hydrogen) atoms. The number of carbonyl (C=O) groups excluding carboxylic acids is 1. The maximum absolute atomic E-state index is 12.6. The standard InChI is InChI=1S/C23H19N3OS/c27-23(15-18-16-24-26(17-18)19-9-3-1-4-10-19)25-21-13-7-8-14-22(21)28-20-11-5-2-6-12-20/h1-14,16-17H,15H2,(H,25,27). The largest absolute Gasteiger partial charge is 0.325 e. The highest BCUT2D eigenvalue weighted by atomic mass is 32.2. The van der Waals surface area contributed by atoms with Gasteiger partial charge in [0.25, 0.3) is 0 Å². The second-order valence-corrected chi connectivity index (χ2v) is 7.38. The van der Waals surface area contributed by atoms with Crippen LogP contribution in [0.2, 0.25) is 0 Å². The summed E-state index contributed by atoms with van der Waals surface area (Å²) in [7, 11) is 0. The molecule has 4 nitrogen and oxygen atoms in total. The van der Waals surface area contributed by atoms with Gasteiger partial charge in [0.2, 0.25) is 5.91 Å². The van der Waals surface area contributed by atoms with Crippen molar-refractivity contribution in [2.45, 2.75) is 16.2 Å². The van der Waals surface area contributed by atoms with E-state index >= 15 is 0 Å². The van der Waals surface area contributed by atoms with Gasteiger partial charge in [0.1, 0.15) is 0 Å². The highest BCUT2D eigenvalue weighted by Crippen LogP contribution is 2.33. The van der Waals surface area contributed by atoms with Gasteiger partial charge in [-0.1, -0.05) is 60.3 Å². The number of aromatic nitrogens is 2. The molecule has 0 bridgehead atoms. The fourth-order valence-corrected chi connectivity index (χ4v) is 3.75. The van der Waals surface area contributed by atoms with Crippen molar-refractivity contribution >= 4 is 23.4 Å². The molecule has 4 aromatic rings. The van der Waals surface area contributed by atoms with Crippen LogP contribution in [-0.4, -0.2) is 15.7 Å². The quantitative estimate of drug-likeness (QED) is 0.496. The second kappa shape index (κ2) is 8.59. The van der Waals surface area contributed by atoms with Crippen LogP contribution < -0.4 is 5.32 Å². The van der Waals surface area contributed by atoms with Crippen molar-refractivity contribution in [3.63, 3.8) is 0 Å². The number of hydrogen-bond acceptors (Lipinski definition) is 3. The van der Waals surface area contributed by atoms with Crippen molar-refractivity contribution in [3.8, 4) is 5.69 Å². The van der Waals surface area contributed by atoms with E-state index in [1.165, 1.54) is 0 Å². The third kappa shape index (κ3) is 4.50. The zero-order chi connectivity index (χ0) is 19.2. The monoisotopic (exact) mass is 385 g/mol. The summed E-state index contributed by atoms with van der Waals surface area (Å²) in [6.07, 6.45) is 3.90. The Morgan fingerprint density at radius 2 is 1.57 bits per heavy atom. The minimum atomic E-state index is -0.0614. The lowest BCUT2D eigenvalue weighted by molar-refractivity contribution is -0.115. The Kier molecular flexibility index (Phi) is 5.54. The highest BCUT2D eigenvalue weighted by molar-refractivity contribution is 7.99. The summed E-state index contributed by atoms with van der Waals surface area (Å²) in [4.78, 5) is 14.7. The van der Waals surface area contributed by atoms with E-state index in [4.69, 9.17) is 0 Å². The topological polar surface area (TPSA) is 46.9 Å². The molecule has 0 atom stereocenters. The summed E-state index contributed by atoms with van der Waals surface area (Å²) >= 11 is 1.63. The van der Waals surface area contributed by atoms with Gasteiger partial charge in [-0.05, 0) is 42.0 Å². The molecule has 0 fully saturated rings. The van der Waals surface area contributed by atoms with Crippen LogP contribution in [0.4, 0.5) is 5.69 Å². The predicted molar refractivity (Wildman–Crippen MR) is 113 cm³/mol. The zero-order valence-corrected chi connectivity index (χ0v) is 16.0. The highest BCUT2D eigenvalue weighted by Gasteiger charge is 2.10. The maximum atomic E-state index is 12.6. The Balaban J connectivity index is 1.44. The smallest absolute Gasteiger partial charge is 0.228 e. The average Bonchev–Trinajstić information content (AvgIpc) is 3.19. The SMILES string of the molecule is O=C(Cc1cnn(-c2ccccc2)c1)Nc1ccccc1Sc1ccccc1.